The number of anilines is 2. The number of rotatable bonds is 5. The van der Waals surface area contributed by atoms with Gasteiger partial charge in [0.15, 0.2) is 0 Å². The number of fused-ring (bicyclic) bond motifs is 3. The van der Waals surface area contributed by atoms with Crippen LogP contribution in [0.3, 0.4) is 0 Å². The van der Waals surface area contributed by atoms with Crippen LogP contribution in [0.4, 0.5) is 11.6 Å². The number of nitrogens with zero attached hydrogens (tertiary/aromatic N) is 2. The minimum Gasteiger partial charge on any atom is -0.496 e. The van der Waals surface area contributed by atoms with Crippen LogP contribution in [0.2, 0.25) is 0 Å². The van der Waals surface area contributed by atoms with Crippen molar-refractivity contribution in [2.24, 2.45) is 5.73 Å². The fraction of sp³-hybridized carbons (Fsp3) is 0.385. The first-order valence-corrected chi connectivity index (χ1v) is 11.2. The lowest BCUT2D eigenvalue weighted by Crippen LogP contribution is -2.43. The van der Waals surface area contributed by atoms with E-state index in [9.17, 15) is 0 Å². The molecule has 3 N–H and O–H groups in total. The number of ether oxygens (including phenoxy) is 2. The minimum absolute atomic E-state index is 0.0491. The van der Waals surface area contributed by atoms with Crippen molar-refractivity contribution < 1.29 is 9.47 Å². The Morgan fingerprint density at radius 2 is 1.97 bits per heavy atom. The highest BCUT2D eigenvalue weighted by Gasteiger charge is 2.61. The second-order valence-electron chi connectivity index (χ2n) is 9.32. The first-order valence-electron chi connectivity index (χ1n) is 11.2. The monoisotopic (exact) mass is 430 g/mol. The Hall–Kier alpha value is -3.12. The van der Waals surface area contributed by atoms with E-state index < -0.39 is 0 Å². The molecule has 3 aromatic rings. The van der Waals surface area contributed by atoms with Gasteiger partial charge in [0.25, 0.3) is 0 Å². The van der Waals surface area contributed by atoms with Gasteiger partial charge in [-0.1, -0.05) is 19.6 Å². The predicted octanol–water partition coefficient (Wildman–Crippen LogP) is 5.60. The lowest BCUT2D eigenvalue weighted by atomic mass is 9.79. The van der Waals surface area contributed by atoms with Crippen LogP contribution in [0.15, 0.2) is 43.1 Å². The van der Waals surface area contributed by atoms with E-state index in [0.717, 1.165) is 64.2 Å². The van der Waals surface area contributed by atoms with Gasteiger partial charge in [0.1, 0.15) is 28.7 Å². The molecule has 0 saturated heterocycles. The molecule has 1 saturated carbocycles. The van der Waals surface area contributed by atoms with Crippen molar-refractivity contribution in [2.75, 3.05) is 12.4 Å². The number of pyridine rings is 2. The molecule has 1 aliphatic carbocycles. The minimum atomic E-state index is -0.314. The summed E-state index contributed by atoms with van der Waals surface area (Å²) in [6, 6.07) is 9.98. The van der Waals surface area contributed by atoms with Crippen LogP contribution < -0.4 is 15.8 Å². The summed E-state index contributed by atoms with van der Waals surface area (Å²) < 4.78 is 11.7. The van der Waals surface area contributed by atoms with E-state index >= 15 is 0 Å². The van der Waals surface area contributed by atoms with Crippen LogP contribution in [0.1, 0.15) is 62.9 Å². The van der Waals surface area contributed by atoms with Crippen LogP contribution in [0.25, 0.3) is 16.5 Å². The van der Waals surface area contributed by atoms with Crippen molar-refractivity contribution in [3.63, 3.8) is 0 Å². The average molecular weight is 431 g/mol. The zero-order valence-corrected chi connectivity index (χ0v) is 19.2. The Bertz CT molecular complexity index is 1230. The fourth-order valence-electron chi connectivity index (χ4n) is 4.98. The predicted molar refractivity (Wildman–Crippen MR) is 128 cm³/mol. The molecule has 1 spiro atoms. The quantitative estimate of drug-likeness (QED) is 0.548. The number of benzene rings is 1. The maximum absolute atomic E-state index is 6.39. The molecule has 1 aliphatic heterocycles. The van der Waals surface area contributed by atoms with Gasteiger partial charge in [0.05, 0.1) is 18.2 Å². The summed E-state index contributed by atoms with van der Waals surface area (Å²) >= 11 is 0. The molecule has 0 bridgehead atoms. The lowest BCUT2D eigenvalue weighted by Gasteiger charge is -2.41. The molecule has 2 aromatic heterocycles. The standard InChI is InChI=1S/C26H30N4O2/c1-6-20(27)17-7-9-21(31-5)19-14-28-23(13-18(17)19)29-22-10-8-16-15(2)32-25(3,4)26(11-12-26)24(16)30-22/h7-10,13-14,20H,2,6,11-12,27H2,1,3-5H3,(H,28,29,30)/t20-/m0/s1. The van der Waals surface area contributed by atoms with Gasteiger partial charge in [-0.25, -0.2) is 9.97 Å². The number of methoxy groups -OCH3 is 1. The molecule has 6 nitrogen and oxygen atoms in total. The molecule has 1 fully saturated rings. The van der Waals surface area contributed by atoms with Crippen molar-refractivity contribution in [2.45, 2.75) is 57.1 Å². The average Bonchev–Trinajstić information content (AvgIpc) is 3.59. The molecule has 3 heterocycles. The van der Waals surface area contributed by atoms with E-state index in [1.807, 2.05) is 36.5 Å². The third-order valence-corrected chi connectivity index (χ3v) is 7.14. The van der Waals surface area contributed by atoms with Crippen molar-refractivity contribution in [3.8, 4) is 5.75 Å². The fourth-order valence-corrected chi connectivity index (χ4v) is 4.98. The zero-order valence-electron chi connectivity index (χ0n) is 19.2. The Labute approximate surface area is 188 Å². The van der Waals surface area contributed by atoms with Gasteiger partial charge in [-0.15, -0.1) is 0 Å². The molecule has 1 aromatic carbocycles. The molecule has 166 valence electrons. The number of aromatic nitrogens is 2. The van der Waals surface area contributed by atoms with Gasteiger partial charge < -0.3 is 20.5 Å². The lowest BCUT2D eigenvalue weighted by molar-refractivity contribution is 0.0257. The smallest absolute Gasteiger partial charge is 0.132 e. The zero-order chi connectivity index (χ0) is 22.7. The van der Waals surface area contributed by atoms with Crippen molar-refractivity contribution in [3.05, 3.63) is 59.9 Å². The highest BCUT2D eigenvalue weighted by atomic mass is 16.5. The summed E-state index contributed by atoms with van der Waals surface area (Å²) in [5.74, 6) is 2.96. The maximum atomic E-state index is 6.39. The van der Waals surface area contributed by atoms with E-state index in [1.165, 1.54) is 0 Å². The Balaban J connectivity index is 1.55. The van der Waals surface area contributed by atoms with Gasteiger partial charge >= 0.3 is 0 Å². The van der Waals surface area contributed by atoms with Crippen LogP contribution in [-0.2, 0) is 10.2 Å². The number of nitrogens with two attached hydrogens (primary N) is 1. The second-order valence-corrected chi connectivity index (χ2v) is 9.32. The van der Waals surface area contributed by atoms with Gasteiger partial charge in [0, 0.05) is 23.2 Å². The third kappa shape index (κ3) is 3.05. The van der Waals surface area contributed by atoms with Crippen LogP contribution in [0, 0.1) is 0 Å². The molecule has 1 atom stereocenters. The van der Waals surface area contributed by atoms with Crippen molar-refractivity contribution >= 4 is 28.2 Å². The summed E-state index contributed by atoms with van der Waals surface area (Å²) in [7, 11) is 1.67. The van der Waals surface area contributed by atoms with E-state index in [2.05, 4.69) is 37.7 Å². The first kappa shape index (κ1) is 20.8. The summed E-state index contributed by atoms with van der Waals surface area (Å²) in [6.07, 6.45) is 4.83. The maximum Gasteiger partial charge on any atom is 0.132 e. The molecule has 32 heavy (non-hydrogen) atoms. The van der Waals surface area contributed by atoms with Crippen LogP contribution in [0.5, 0.6) is 5.75 Å². The molecule has 0 unspecified atom stereocenters. The van der Waals surface area contributed by atoms with E-state index in [4.69, 9.17) is 20.2 Å². The summed E-state index contributed by atoms with van der Waals surface area (Å²) in [5.41, 5.74) is 9.18. The van der Waals surface area contributed by atoms with Gasteiger partial charge in [-0.3, -0.25) is 0 Å². The number of hydrogen-bond acceptors (Lipinski definition) is 6. The van der Waals surface area contributed by atoms with Crippen molar-refractivity contribution in [1.82, 2.24) is 9.97 Å². The van der Waals surface area contributed by atoms with Crippen LogP contribution in [-0.4, -0.2) is 22.7 Å². The largest absolute Gasteiger partial charge is 0.496 e. The van der Waals surface area contributed by atoms with E-state index in [0.29, 0.717) is 5.76 Å². The topological polar surface area (TPSA) is 82.3 Å². The number of nitrogens with one attached hydrogen (secondary N) is 1. The molecule has 5 rings (SSSR count). The Morgan fingerprint density at radius 3 is 2.66 bits per heavy atom. The van der Waals surface area contributed by atoms with Crippen molar-refractivity contribution in [1.29, 1.82) is 0 Å². The molecular weight excluding hydrogens is 400 g/mol. The summed E-state index contributed by atoms with van der Waals surface area (Å²) in [6.45, 7) is 10.5. The molecule has 2 aliphatic rings. The second kappa shape index (κ2) is 7.20. The van der Waals surface area contributed by atoms with Gasteiger partial charge in [-0.2, -0.15) is 0 Å². The highest BCUT2D eigenvalue weighted by molar-refractivity contribution is 5.92. The van der Waals surface area contributed by atoms with E-state index in [1.54, 1.807) is 7.11 Å². The molecular formula is C26H30N4O2. The molecule has 6 heteroatoms. The van der Waals surface area contributed by atoms with Gasteiger partial charge in [0.2, 0.25) is 0 Å². The van der Waals surface area contributed by atoms with E-state index in [-0.39, 0.29) is 17.1 Å². The normalized spacial score (nSPS) is 18.7. The summed E-state index contributed by atoms with van der Waals surface area (Å²) in [4.78, 5) is 9.65. The number of hydrogen-bond donors (Lipinski definition) is 2. The third-order valence-electron chi connectivity index (χ3n) is 7.14. The molecule has 0 amide bonds. The Kier molecular flexibility index (Phi) is 4.67. The highest BCUT2D eigenvalue weighted by Crippen LogP contribution is 2.61. The Morgan fingerprint density at radius 1 is 1.19 bits per heavy atom. The van der Waals surface area contributed by atoms with Gasteiger partial charge in [-0.05, 0) is 68.3 Å². The SMILES string of the molecule is C=C1OC(C)(C)C2(CC2)c2nc(Nc3cc4c([C@@H](N)CC)ccc(OC)c4cn3)ccc21. The first-order chi connectivity index (χ1) is 15.3. The van der Waals surface area contributed by atoms with Crippen LogP contribution >= 0.6 is 0 Å². The summed E-state index contributed by atoms with van der Waals surface area (Å²) in [5, 5.41) is 5.39. The molecule has 0 radical (unpaired) electrons.